The molecule has 7 nitrogen and oxygen atoms in total. The van der Waals surface area contributed by atoms with Crippen molar-refractivity contribution >= 4 is 57.2 Å². The molecule has 0 unspecified atom stereocenters. The molecule has 0 fully saturated rings. The highest BCUT2D eigenvalue weighted by atomic mass is 35.5. The summed E-state index contributed by atoms with van der Waals surface area (Å²) in [5.41, 5.74) is 3.26. The van der Waals surface area contributed by atoms with E-state index >= 15 is 0 Å². The first kappa shape index (κ1) is 24.6. The minimum absolute atomic E-state index is 0.0320. The molecule has 35 heavy (non-hydrogen) atoms. The summed E-state index contributed by atoms with van der Waals surface area (Å²) in [6.45, 7) is 5.95. The summed E-state index contributed by atoms with van der Waals surface area (Å²) in [6.07, 6.45) is 3.10. The number of imide groups is 1. The Kier molecular flexibility index (Phi) is 7.33. The Morgan fingerprint density at radius 1 is 1.09 bits per heavy atom. The number of aromatic nitrogens is 1. The van der Waals surface area contributed by atoms with Gasteiger partial charge in [0.1, 0.15) is 10.7 Å². The summed E-state index contributed by atoms with van der Waals surface area (Å²) in [7, 11) is 0. The van der Waals surface area contributed by atoms with Crippen LogP contribution in [0.3, 0.4) is 0 Å². The first-order valence-corrected chi connectivity index (χ1v) is 12.5. The minimum atomic E-state index is -0.594. The van der Waals surface area contributed by atoms with E-state index in [4.69, 9.17) is 11.6 Å². The summed E-state index contributed by atoms with van der Waals surface area (Å²) < 4.78 is 0. The normalized spacial score (nSPS) is 13.5. The van der Waals surface area contributed by atoms with E-state index in [1.54, 1.807) is 36.4 Å². The van der Waals surface area contributed by atoms with E-state index in [0.717, 1.165) is 40.3 Å². The van der Waals surface area contributed by atoms with Crippen molar-refractivity contribution < 1.29 is 14.4 Å². The standard InChI is InChI=1S/C26H25ClN4O3S/c1-4-5-7-17-10-12-20(13-11-17)31-24(33)21(27)22(25(31)34)29-19-9-6-8-18(14-19)23(32)30-26-28-15(2)16(3)35-26/h6,8-14,29H,4-5,7H2,1-3H3,(H,28,30,32). The van der Waals surface area contributed by atoms with Gasteiger partial charge in [0.2, 0.25) is 0 Å². The van der Waals surface area contributed by atoms with Gasteiger partial charge in [-0.2, -0.15) is 0 Å². The van der Waals surface area contributed by atoms with E-state index in [1.165, 1.54) is 11.3 Å². The molecule has 0 spiro atoms. The van der Waals surface area contributed by atoms with E-state index in [9.17, 15) is 14.4 Å². The van der Waals surface area contributed by atoms with Gasteiger partial charge in [0.05, 0.1) is 11.4 Å². The summed E-state index contributed by atoms with van der Waals surface area (Å²) >= 11 is 7.66. The highest BCUT2D eigenvalue weighted by Crippen LogP contribution is 2.31. The Bertz CT molecular complexity index is 1310. The van der Waals surface area contributed by atoms with E-state index in [1.807, 2.05) is 26.0 Å². The van der Waals surface area contributed by atoms with Gasteiger partial charge in [-0.1, -0.05) is 43.1 Å². The number of nitrogens with one attached hydrogen (secondary N) is 2. The van der Waals surface area contributed by atoms with Gasteiger partial charge in [0.25, 0.3) is 17.7 Å². The quantitative estimate of drug-likeness (QED) is 0.376. The Balaban J connectivity index is 1.49. The van der Waals surface area contributed by atoms with Crippen molar-refractivity contribution in [1.29, 1.82) is 0 Å². The third-order valence-corrected chi connectivity index (χ3v) is 7.02. The van der Waals surface area contributed by atoms with Crippen LogP contribution in [0.4, 0.5) is 16.5 Å². The fourth-order valence-corrected chi connectivity index (χ4v) is 4.64. The molecule has 1 aromatic heterocycles. The van der Waals surface area contributed by atoms with E-state index in [-0.39, 0.29) is 16.6 Å². The number of rotatable bonds is 8. The molecule has 4 rings (SSSR count). The van der Waals surface area contributed by atoms with Gasteiger partial charge in [-0.25, -0.2) is 9.88 Å². The number of hydrogen-bond donors (Lipinski definition) is 2. The molecule has 1 aliphatic heterocycles. The third kappa shape index (κ3) is 5.28. The lowest BCUT2D eigenvalue weighted by atomic mass is 10.1. The number of hydrogen-bond acceptors (Lipinski definition) is 6. The van der Waals surface area contributed by atoms with Crippen LogP contribution < -0.4 is 15.5 Å². The number of thiazole rings is 1. The number of halogens is 1. The number of aryl methyl sites for hydroxylation is 3. The van der Waals surface area contributed by atoms with Crippen molar-refractivity contribution in [2.24, 2.45) is 0 Å². The molecule has 0 aliphatic carbocycles. The van der Waals surface area contributed by atoms with Crippen molar-refractivity contribution in [1.82, 2.24) is 4.98 Å². The second-order valence-corrected chi connectivity index (χ2v) is 9.81. The maximum atomic E-state index is 13.1. The van der Waals surface area contributed by atoms with Crippen LogP contribution in [0, 0.1) is 13.8 Å². The van der Waals surface area contributed by atoms with Gasteiger partial charge in [-0.05, 0) is 62.6 Å². The summed E-state index contributed by atoms with van der Waals surface area (Å²) in [5.74, 6) is -1.48. The largest absolute Gasteiger partial charge is 0.350 e. The number of carbonyl (C=O) groups excluding carboxylic acids is 3. The fraction of sp³-hybridized carbons (Fsp3) is 0.231. The summed E-state index contributed by atoms with van der Waals surface area (Å²) in [4.78, 5) is 45.0. The van der Waals surface area contributed by atoms with E-state index in [0.29, 0.717) is 22.1 Å². The van der Waals surface area contributed by atoms with Crippen LogP contribution in [0.1, 0.15) is 46.3 Å². The molecule has 0 radical (unpaired) electrons. The number of unbranched alkanes of at least 4 members (excludes halogenated alkanes) is 1. The molecular weight excluding hydrogens is 484 g/mol. The number of carbonyl (C=O) groups is 3. The van der Waals surface area contributed by atoms with Crippen LogP contribution in [0.2, 0.25) is 0 Å². The number of nitrogens with zero attached hydrogens (tertiary/aromatic N) is 2. The number of amides is 3. The van der Waals surface area contributed by atoms with Crippen LogP contribution >= 0.6 is 22.9 Å². The smallest absolute Gasteiger partial charge is 0.283 e. The van der Waals surface area contributed by atoms with Gasteiger partial charge in [-0.3, -0.25) is 19.7 Å². The molecular formula is C26H25ClN4O3S. The molecule has 0 saturated heterocycles. The van der Waals surface area contributed by atoms with Crippen molar-refractivity contribution in [3.8, 4) is 0 Å². The Labute approximate surface area is 212 Å². The third-order valence-electron chi connectivity index (χ3n) is 5.68. The Morgan fingerprint density at radius 3 is 2.49 bits per heavy atom. The topological polar surface area (TPSA) is 91.4 Å². The maximum Gasteiger partial charge on any atom is 0.283 e. The Hall–Kier alpha value is -3.49. The predicted octanol–water partition coefficient (Wildman–Crippen LogP) is 5.79. The monoisotopic (exact) mass is 508 g/mol. The summed E-state index contributed by atoms with van der Waals surface area (Å²) in [6, 6.07) is 13.9. The van der Waals surface area contributed by atoms with Gasteiger partial charge < -0.3 is 5.32 Å². The molecule has 0 atom stereocenters. The number of benzene rings is 2. The van der Waals surface area contributed by atoms with Crippen LogP contribution in [-0.2, 0) is 16.0 Å². The minimum Gasteiger partial charge on any atom is -0.350 e. The second-order valence-electron chi connectivity index (χ2n) is 8.23. The van der Waals surface area contributed by atoms with Gasteiger partial charge >= 0.3 is 0 Å². The lowest BCUT2D eigenvalue weighted by Gasteiger charge is -2.16. The highest BCUT2D eigenvalue weighted by Gasteiger charge is 2.39. The molecule has 9 heteroatoms. The molecule has 0 bridgehead atoms. The SMILES string of the molecule is CCCCc1ccc(N2C(=O)C(Cl)=C(Nc3cccc(C(=O)Nc4nc(C)c(C)s4)c3)C2=O)cc1. The molecule has 2 heterocycles. The first-order valence-electron chi connectivity index (χ1n) is 11.3. The molecule has 2 N–H and O–H groups in total. The number of anilines is 3. The van der Waals surface area contributed by atoms with Crippen molar-refractivity contribution in [3.05, 3.63) is 81.0 Å². The van der Waals surface area contributed by atoms with Crippen LogP contribution in [0.25, 0.3) is 0 Å². The summed E-state index contributed by atoms with van der Waals surface area (Å²) in [5, 5.41) is 6.02. The Morgan fingerprint density at radius 2 is 1.83 bits per heavy atom. The second kappa shape index (κ2) is 10.4. The van der Waals surface area contributed by atoms with Crippen LogP contribution in [0.5, 0.6) is 0 Å². The molecule has 2 aromatic carbocycles. The zero-order chi connectivity index (χ0) is 25.1. The molecule has 0 saturated carbocycles. The average molecular weight is 509 g/mol. The average Bonchev–Trinajstić information content (AvgIpc) is 3.27. The van der Waals surface area contributed by atoms with Gasteiger partial charge in [-0.15, -0.1) is 11.3 Å². The first-order chi connectivity index (χ1) is 16.8. The van der Waals surface area contributed by atoms with E-state index < -0.39 is 11.8 Å². The van der Waals surface area contributed by atoms with Crippen molar-refractivity contribution in [2.75, 3.05) is 15.5 Å². The molecule has 180 valence electrons. The lowest BCUT2D eigenvalue weighted by molar-refractivity contribution is -0.120. The molecule has 3 aromatic rings. The lowest BCUT2D eigenvalue weighted by Crippen LogP contribution is -2.32. The zero-order valence-corrected chi connectivity index (χ0v) is 21.2. The highest BCUT2D eigenvalue weighted by molar-refractivity contribution is 7.15. The van der Waals surface area contributed by atoms with Gasteiger partial charge in [0, 0.05) is 16.1 Å². The molecule has 1 aliphatic rings. The predicted molar refractivity (Wildman–Crippen MR) is 140 cm³/mol. The van der Waals surface area contributed by atoms with Gasteiger partial charge in [0.15, 0.2) is 5.13 Å². The maximum absolute atomic E-state index is 13.1. The van der Waals surface area contributed by atoms with Crippen LogP contribution in [-0.4, -0.2) is 22.7 Å². The van der Waals surface area contributed by atoms with Crippen molar-refractivity contribution in [2.45, 2.75) is 40.0 Å². The van der Waals surface area contributed by atoms with E-state index in [2.05, 4.69) is 22.5 Å². The zero-order valence-electron chi connectivity index (χ0n) is 19.6. The van der Waals surface area contributed by atoms with Crippen LogP contribution in [0.15, 0.2) is 59.3 Å². The van der Waals surface area contributed by atoms with Crippen molar-refractivity contribution in [3.63, 3.8) is 0 Å². The fourth-order valence-electron chi connectivity index (χ4n) is 3.62. The molecule has 3 amide bonds.